The smallest absolute Gasteiger partial charge is 0.338 e. The lowest BCUT2D eigenvalue weighted by Crippen LogP contribution is -2.48. The Morgan fingerprint density at radius 3 is 2.25 bits per heavy atom. The molecule has 172 valence electrons. The van der Waals surface area contributed by atoms with Gasteiger partial charge in [-0.3, -0.25) is 9.69 Å². The van der Waals surface area contributed by atoms with Crippen molar-refractivity contribution >= 4 is 17.6 Å². The van der Waals surface area contributed by atoms with Gasteiger partial charge in [-0.1, -0.05) is 29.8 Å². The van der Waals surface area contributed by atoms with Crippen LogP contribution in [-0.4, -0.2) is 62.1 Å². The highest BCUT2D eigenvalue weighted by Gasteiger charge is 2.19. The van der Waals surface area contributed by atoms with E-state index >= 15 is 0 Å². The largest absolute Gasteiger partial charge is 0.460 e. The van der Waals surface area contributed by atoms with Crippen LogP contribution in [-0.2, 0) is 16.0 Å². The Balaban J connectivity index is 1.34. The maximum Gasteiger partial charge on any atom is 0.338 e. The second-order valence-corrected chi connectivity index (χ2v) is 8.64. The lowest BCUT2D eigenvalue weighted by molar-refractivity contribution is -0.121. The van der Waals surface area contributed by atoms with Crippen LogP contribution in [0.5, 0.6) is 0 Å². The number of aryl methyl sites for hydroxylation is 2. The lowest BCUT2D eigenvalue weighted by atomic mass is 10.1. The van der Waals surface area contributed by atoms with Gasteiger partial charge < -0.3 is 15.0 Å². The molecular weight excluding hydrogens is 402 g/mol. The molecule has 1 fully saturated rings. The van der Waals surface area contributed by atoms with Gasteiger partial charge in [-0.05, 0) is 57.0 Å². The van der Waals surface area contributed by atoms with Gasteiger partial charge in [0, 0.05) is 44.3 Å². The molecule has 0 atom stereocenters. The minimum Gasteiger partial charge on any atom is -0.460 e. The van der Waals surface area contributed by atoms with Crippen LogP contribution in [0.1, 0.15) is 41.8 Å². The van der Waals surface area contributed by atoms with E-state index in [9.17, 15) is 9.59 Å². The Morgan fingerprint density at radius 1 is 0.969 bits per heavy atom. The lowest BCUT2D eigenvalue weighted by Gasteiger charge is -2.38. The predicted molar refractivity (Wildman–Crippen MR) is 128 cm³/mol. The Labute approximate surface area is 191 Å². The number of carbonyl (C=O) groups excluding carboxylic acids is 2. The fourth-order valence-corrected chi connectivity index (χ4v) is 3.82. The standard InChI is InChI=1S/C26H35N3O3/c1-20(2)28-15-17-29(18-16-28)24-11-9-23(10-12-24)26(31)32-19-14-27-25(30)13-8-22-6-4-21(3)5-7-22/h4-7,9-12,20H,8,13-19H2,1-3H3,(H,27,30). The summed E-state index contributed by atoms with van der Waals surface area (Å²) in [5.74, 6) is -0.404. The third kappa shape index (κ3) is 7.09. The number of nitrogens with zero attached hydrogens (tertiary/aromatic N) is 2. The maximum absolute atomic E-state index is 12.3. The number of rotatable bonds is 9. The molecule has 0 saturated carbocycles. The van der Waals surface area contributed by atoms with Crippen LogP contribution in [0, 0.1) is 6.92 Å². The van der Waals surface area contributed by atoms with E-state index in [0.717, 1.165) is 37.4 Å². The Hall–Kier alpha value is -2.86. The number of nitrogens with one attached hydrogen (secondary N) is 1. The van der Waals surface area contributed by atoms with E-state index < -0.39 is 0 Å². The van der Waals surface area contributed by atoms with Gasteiger partial charge in [0.2, 0.25) is 5.91 Å². The number of carbonyl (C=O) groups is 2. The van der Waals surface area contributed by atoms with Crippen LogP contribution < -0.4 is 10.2 Å². The molecular formula is C26H35N3O3. The molecule has 1 heterocycles. The molecule has 1 aliphatic rings. The minimum absolute atomic E-state index is 0.0384. The SMILES string of the molecule is Cc1ccc(CCC(=O)NCCOC(=O)c2ccc(N3CCN(C(C)C)CC3)cc2)cc1. The van der Waals surface area contributed by atoms with Gasteiger partial charge >= 0.3 is 5.97 Å². The van der Waals surface area contributed by atoms with Crippen molar-refractivity contribution in [3.8, 4) is 0 Å². The molecule has 0 radical (unpaired) electrons. The monoisotopic (exact) mass is 437 g/mol. The van der Waals surface area contributed by atoms with Gasteiger partial charge in [0.1, 0.15) is 6.61 Å². The second-order valence-electron chi connectivity index (χ2n) is 8.64. The molecule has 3 rings (SSSR count). The van der Waals surface area contributed by atoms with Crippen molar-refractivity contribution in [1.82, 2.24) is 10.2 Å². The first-order chi connectivity index (χ1) is 15.4. The fraction of sp³-hybridized carbons (Fsp3) is 0.462. The first kappa shape index (κ1) is 23.8. The minimum atomic E-state index is -0.366. The molecule has 0 spiro atoms. The molecule has 32 heavy (non-hydrogen) atoms. The zero-order valence-corrected chi connectivity index (χ0v) is 19.5. The van der Waals surface area contributed by atoms with Crippen LogP contribution in [0.4, 0.5) is 5.69 Å². The van der Waals surface area contributed by atoms with E-state index in [0.29, 0.717) is 31.0 Å². The second kappa shape index (κ2) is 11.7. The van der Waals surface area contributed by atoms with Gasteiger partial charge in [-0.25, -0.2) is 4.79 Å². The van der Waals surface area contributed by atoms with Gasteiger partial charge in [-0.2, -0.15) is 0 Å². The molecule has 2 aromatic rings. The predicted octanol–water partition coefficient (Wildman–Crippen LogP) is 3.43. The molecule has 1 amide bonds. The number of benzene rings is 2. The highest BCUT2D eigenvalue weighted by molar-refractivity contribution is 5.89. The van der Waals surface area contributed by atoms with Gasteiger partial charge in [-0.15, -0.1) is 0 Å². The summed E-state index contributed by atoms with van der Waals surface area (Å²) in [7, 11) is 0. The summed E-state index contributed by atoms with van der Waals surface area (Å²) in [5.41, 5.74) is 4.01. The number of anilines is 1. The third-order valence-corrected chi connectivity index (χ3v) is 5.93. The summed E-state index contributed by atoms with van der Waals surface area (Å²) < 4.78 is 5.31. The molecule has 1 aliphatic heterocycles. The summed E-state index contributed by atoms with van der Waals surface area (Å²) in [5, 5.41) is 2.81. The number of esters is 1. The quantitative estimate of drug-likeness (QED) is 0.481. The summed E-state index contributed by atoms with van der Waals surface area (Å²) in [4.78, 5) is 29.1. The van der Waals surface area contributed by atoms with Crippen LogP contribution >= 0.6 is 0 Å². The highest BCUT2D eigenvalue weighted by Crippen LogP contribution is 2.18. The van der Waals surface area contributed by atoms with E-state index in [-0.39, 0.29) is 18.5 Å². The molecule has 0 aromatic heterocycles. The first-order valence-electron chi connectivity index (χ1n) is 11.5. The van der Waals surface area contributed by atoms with Crippen LogP contribution in [0.3, 0.4) is 0 Å². The van der Waals surface area contributed by atoms with E-state index in [2.05, 4.69) is 29.0 Å². The third-order valence-electron chi connectivity index (χ3n) is 5.93. The first-order valence-corrected chi connectivity index (χ1v) is 11.5. The topological polar surface area (TPSA) is 61.9 Å². The van der Waals surface area contributed by atoms with Crippen molar-refractivity contribution in [1.29, 1.82) is 0 Å². The number of hydrogen-bond donors (Lipinski definition) is 1. The molecule has 0 aliphatic carbocycles. The number of ether oxygens (including phenoxy) is 1. The average molecular weight is 438 g/mol. The van der Waals surface area contributed by atoms with Gasteiger partial charge in [0.25, 0.3) is 0 Å². The van der Waals surface area contributed by atoms with Crippen LogP contribution in [0.15, 0.2) is 48.5 Å². The van der Waals surface area contributed by atoms with Crippen molar-refractivity contribution in [2.24, 2.45) is 0 Å². The van der Waals surface area contributed by atoms with E-state index in [1.807, 2.05) is 55.5 Å². The summed E-state index contributed by atoms with van der Waals surface area (Å²) in [6.45, 7) is 11.1. The Bertz CT molecular complexity index is 870. The number of amides is 1. The maximum atomic E-state index is 12.3. The van der Waals surface area contributed by atoms with E-state index in [1.165, 1.54) is 5.56 Å². The van der Waals surface area contributed by atoms with Gasteiger partial charge in [0.05, 0.1) is 12.1 Å². The van der Waals surface area contributed by atoms with Crippen LogP contribution in [0.2, 0.25) is 0 Å². The molecule has 0 bridgehead atoms. The summed E-state index contributed by atoms with van der Waals surface area (Å²) in [6.07, 6.45) is 1.12. The Kier molecular flexibility index (Phi) is 8.68. The van der Waals surface area contributed by atoms with E-state index in [4.69, 9.17) is 4.74 Å². The normalized spacial score (nSPS) is 14.4. The van der Waals surface area contributed by atoms with Crippen molar-refractivity contribution < 1.29 is 14.3 Å². The van der Waals surface area contributed by atoms with Crippen molar-refractivity contribution in [2.45, 2.75) is 39.7 Å². The zero-order chi connectivity index (χ0) is 22.9. The summed E-state index contributed by atoms with van der Waals surface area (Å²) >= 11 is 0. The van der Waals surface area contributed by atoms with Crippen molar-refractivity contribution in [3.05, 3.63) is 65.2 Å². The zero-order valence-electron chi connectivity index (χ0n) is 19.5. The van der Waals surface area contributed by atoms with Crippen LogP contribution in [0.25, 0.3) is 0 Å². The molecule has 1 saturated heterocycles. The molecule has 0 unspecified atom stereocenters. The molecule has 2 aromatic carbocycles. The number of hydrogen-bond acceptors (Lipinski definition) is 5. The molecule has 6 heteroatoms. The number of piperazine rings is 1. The van der Waals surface area contributed by atoms with E-state index in [1.54, 1.807) is 0 Å². The van der Waals surface area contributed by atoms with Gasteiger partial charge in [0.15, 0.2) is 0 Å². The molecule has 1 N–H and O–H groups in total. The van der Waals surface area contributed by atoms with Crippen molar-refractivity contribution in [3.63, 3.8) is 0 Å². The average Bonchev–Trinajstić information content (AvgIpc) is 2.81. The fourth-order valence-electron chi connectivity index (χ4n) is 3.82. The van der Waals surface area contributed by atoms with Crippen molar-refractivity contribution in [2.75, 3.05) is 44.2 Å². The highest BCUT2D eigenvalue weighted by atomic mass is 16.5. The summed E-state index contributed by atoms with van der Waals surface area (Å²) in [6, 6.07) is 16.3. The molecule has 6 nitrogen and oxygen atoms in total. The Morgan fingerprint density at radius 2 is 1.62 bits per heavy atom.